The van der Waals surface area contributed by atoms with E-state index in [0.717, 1.165) is 12.8 Å². The van der Waals surface area contributed by atoms with Crippen LogP contribution < -0.4 is 10.6 Å². The van der Waals surface area contributed by atoms with E-state index in [4.69, 9.17) is 14.2 Å². The van der Waals surface area contributed by atoms with Gasteiger partial charge >= 0.3 is 6.09 Å². The normalized spacial score (nSPS) is 21.9. The fourth-order valence-corrected chi connectivity index (χ4v) is 2.92. The van der Waals surface area contributed by atoms with Crippen molar-refractivity contribution in [3.63, 3.8) is 0 Å². The van der Waals surface area contributed by atoms with Crippen LogP contribution in [0.25, 0.3) is 0 Å². The minimum atomic E-state index is -3.04. The molecule has 1 saturated heterocycles. The van der Waals surface area contributed by atoms with E-state index in [9.17, 15) is 13.6 Å². The van der Waals surface area contributed by atoms with Crippen molar-refractivity contribution in [3.8, 4) is 0 Å². The van der Waals surface area contributed by atoms with Crippen molar-refractivity contribution in [1.82, 2.24) is 10.6 Å². The molecule has 8 heteroatoms. The molecular formula is C16H28F2N2O4. The topological polar surface area (TPSA) is 68.8 Å². The molecule has 2 fully saturated rings. The van der Waals surface area contributed by atoms with Gasteiger partial charge in [0.05, 0.1) is 26.3 Å². The first-order valence-corrected chi connectivity index (χ1v) is 8.45. The zero-order valence-electron chi connectivity index (χ0n) is 14.6. The first kappa shape index (κ1) is 19.3. The third-order valence-corrected chi connectivity index (χ3v) is 4.10. The summed E-state index contributed by atoms with van der Waals surface area (Å²) < 4.78 is 44.0. The van der Waals surface area contributed by atoms with E-state index in [1.165, 1.54) is 0 Å². The van der Waals surface area contributed by atoms with E-state index >= 15 is 0 Å². The maximum Gasteiger partial charge on any atom is 0.407 e. The van der Waals surface area contributed by atoms with Crippen LogP contribution in [-0.2, 0) is 14.2 Å². The Hall–Kier alpha value is -0.990. The van der Waals surface area contributed by atoms with Crippen LogP contribution in [0.3, 0.4) is 0 Å². The summed E-state index contributed by atoms with van der Waals surface area (Å²) in [5, 5.41) is 5.00. The molecule has 2 aliphatic rings. The number of hydrogen-bond donors (Lipinski definition) is 2. The quantitative estimate of drug-likeness (QED) is 0.797. The molecule has 2 rings (SSSR count). The fourth-order valence-electron chi connectivity index (χ4n) is 2.92. The van der Waals surface area contributed by atoms with E-state index in [-0.39, 0.29) is 6.04 Å². The second-order valence-corrected chi connectivity index (χ2v) is 7.47. The van der Waals surface area contributed by atoms with Crippen molar-refractivity contribution in [3.05, 3.63) is 0 Å². The van der Waals surface area contributed by atoms with Gasteiger partial charge in [-0.15, -0.1) is 0 Å². The summed E-state index contributed by atoms with van der Waals surface area (Å²) in [5.74, 6) is -3.52. The molecule has 1 saturated carbocycles. The predicted octanol–water partition coefficient (Wildman–Crippen LogP) is 2.42. The van der Waals surface area contributed by atoms with E-state index in [0.29, 0.717) is 26.1 Å². The summed E-state index contributed by atoms with van der Waals surface area (Å²) in [6.45, 7) is 5.01. The molecule has 0 bridgehead atoms. The summed E-state index contributed by atoms with van der Waals surface area (Å²) in [7, 11) is 0. The Morgan fingerprint density at radius 3 is 2.29 bits per heavy atom. The Morgan fingerprint density at radius 2 is 1.75 bits per heavy atom. The highest BCUT2D eigenvalue weighted by atomic mass is 19.3. The Bertz CT molecular complexity index is 424. The second-order valence-electron chi connectivity index (χ2n) is 7.47. The molecule has 1 spiro atoms. The highest BCUT2D eigenvalue weighted by Gasteiger charge is 2.41. The Kier molecular flexibility index (Phi) is 6.04. The third kappa shape index (κ3) is 6.14. The van der Waals surface area contributed by atoms with E-state index in [1.54, 1.807) is 20.8 Å². The van der Waals surface area contributed by atoms with Crippen molar-refractivity contribution in [2.75, 3.05) is 26.3 Å². The van der Waals surface area contributed by atoms with Crippen molar-refractivity contribution < 1.29 is 27.8 Å². The molecule has 0 aromatic rings. The van der Waals surface area contributed by atoms with Gasteiger partial charge in [0.15, 0.2) is 5.79 Å². The Morgan fingerprint density at radius 1 is 1.17 bits per heavy atom. The van der Waals surface area contributed by atoms with Crippen LogP contribution in [0, 0.1) is 0 Å². The Balaban J connectivity index is 1.66. The van der Waals surface area contributed by atoms with E-state index < -0.39 is 36.5 Å². The number of alkyl carbamates (subject to hydrolysis) is 1. The van der Waals surface area contributed by atoms with Crippen LogP contribution in [0.1, 0.15) is 46.5 Å². The lowest BCUT2D eigenvalue weighted by molar-refractivity contribution is -0.179. The van der Waals surface area contributed by atoms with Crippen LogP contribution in [0.15, 0.2) is 0 Å². The van der Waals surface area contributed by atoms with Gasteiger partial charge in [0.1, 0.15) is 5.60 Å². The monoisotopic (exact) mass is 350 g/mol. The lowest BCUT2D eigenvalue weighted by Crippen LogP contribution is -2.49. The molecule has 1 heterocycles. The van der Waals surface area contributed by atoms with E-state index in [2.05, 4.69) is 10.6 Å². The van der Waals surface area contributed by atoms with Crippen molar-refractivity contribution >= 4 is 6.09 Å². The molecule has 0 radical (unpaired) electrons. The summed E-state index contributed by atoms with van der Waals surface area (Å²) >= 11 is 0. The highest BCUT2D eigenvalue weighted by Crippen LogP contribution is 2.35. The van der Waals surface area contributed by atoms with Gasteiger partial charge in [0.25, 0.3) is 5.92 Å². The Labute approximate surface area is 141 Å². The van der Waals surface area contributed by atoms with Crippen LogP contribution in [0.5, 0.6) is 0 Å². The van der Waals surface area contributed by atoms with Gasteiger partial charge in [-0.05, 0) is 33.6 Å². The molecule has 1 aliphatic heterocycles. The van der Waals surface area contributed by atoms with Gasteiger partial charge in [0.2, 0.25) is 0 Å². The van der Waals surface area contributed by atoms with Gasteiger partial charge in [0, 0.05) is 18.9 Å². The minimum Gasteiger partial charge on any atom is -0.444 e. The van der Waals surface area contributed by atoms with Crippen molar-refractivity contribution in [1.29, 1.82) is 0 Å². The molecule has 1 aliphatic carbocycles. The SMILES string of the molecule is CC(C)(C)OC(=O)NCC(F)(F)CNC1CCC2(CC1)OCCO2. The largest absolute Gasteiger partial charge is 0.444 e. The molecule has 0 aromatic carbocycles. The molecule has 1 amide bonds. The van der Waals surface area contributed by atoms with Gasteiger partial charge in [-0.1, -0.05) is 0 Å². The fraction of sp³-hybridized carbons (Fsp3) is 0.938. The summed E-state index contributed by atoms with van der Waals surface area (Å²) in [4.78, 5) is 11.4. The van der Waals surface area contributed by atoms with Gasteiger partial charge in [-0.25, -0.2) is 13.6 Å². The van der Waals surface area contributed by atoms with Crippen LogP contribution in [-0.4, -0.2) is 55.7 Å². The number of carbonyl (C=O) groups is 1. The molecule has 6 nitrogen and oxygen atoms in total. The summed E-state index contributed by atoms with van der Waals surface area (Å²) in [6.07, 6.45) is 2.06. The first-order chi connectivity index (χ1) is 11.1. The molecule has 24 heavy (non-hydrogen) atoms. The number of rotatable bonds is 5. The highest BCUT2D eigenvalue weighted by molar-refractivity contribution is 5.67. The first-order valence-electron chi connectivity index (χ1n) is 8.45. The third-order valence-electron chi connectivity index (χ3n) is 4.10. The van der Waals surface area contributed by atoms with Crippen molar-refractivity contribution in [2.45, 2.75) is 69.8 Å². The van der Waals surface area contributed by atoms with Gasteiger partial charge in [-0.3, -0.25) is 0 Å². The number of amides is 1. The average Bonchev–Trinajstić information content (AvgIpc) is 2.92. The smallest absolute Gasteiger partial charge is 0.407 e. The zero-order chi connectivity index (χ0) is 17.8. The molecular weight excluding hydrogens is 322 g/mol. The maximum absolute atomic E-state index is 13.9. The van der Waals surface area contributed by atoms with Gasteiger partial charge < -0.3 is 24.8 Å². The molecule has 2 N–H and O–H groups in total. The summed E-state index contributed by atoms with van der Waals surface area (Å²) in [6, 6.07) is 0.0100. The van der Waals surface area contributed by atoms with Crippen LogP contribution >= 0.6 is 0 Å². The van der Waals surface area contributed by atoms with Gasteiger partial charge in [-0.2, -0.15) is 0 Å². The number of alkyl halides is 2. The number of carbonyl (C=O) groups excluding carboxylic acids is 1. The molecule has 0 atom stereocenters. The maximum atomic E-state index is 13.9. The van der Waals surface area contributed by atoms with Crippen molar-refractivity contribution in [2.24, 2.45) is 0 Å². The lowest BCUT2D eigenvalue weighted by Gasteiger charge is -2.36. The number of ether oxygens (including phenoxy) is 3. The number of hydrogen-bond acceptors (Lipinski definition) is 5. The lowest BCUT2D eigenvalue weighted by atomic mass is 9.90. The zero-order valence-corrected chi connectivity index (χ0v) is 14.6. The number of nitrogens with one attached hydrogen (secondary N) is 2. The summed E-state index contributed by atoms with van der Waals surface area (Å²) in [5.41, 5.74) is -0.708. The second kappa shape index (κ2) is 7.49. The standard InChI is InChI=1S/C16H28F2N2O4/c1-14(2,3)24-13(21)20-11-15(17,18)10-19-12-4-6-16(7-5-12)22-8-9-23-16/h12,19H,4-11H2,1-3H3,(H,20,21). The number of halogens is 2. The predicted molar refractivity (Wildman–Crippen MR) is 84.1 cm³/mol. The van der Waals surface area contributed by atoms with Crippen LogP contribution in [0.2, 0.25) is 0 Å². The van der Waals surface area contributed by atoms with E-state index in [1.807, 2.05) is 0 Å². The molecule has 140 valence electrons. The van der Waals surface area contributed by atoms with Crippen LogP contribution in [0.4, 0.5) is 13.6 Å². The minimum absolute atomic E-state index is 0.0100. The average molecular weight is 350 g/mol. The molecule has 0 aromatic heterocycles. The molecule has 0 unspecified atom stereocenters.